The normalized spacial score (nSPS) is 15.7. The number of ether oxygens (including phenoxy) is 2. The summed E-state index contributed by atoms with van der Waals surface area (Å²) >= 11 is 0. The molecule has 1 aliphatic heterocycles. The average Bonchev–Trinajstić information content (AvgIpc) is 2.44. The number of hydrogen-bond donors (Lipinski definition) is 1. The van der Waals surface area contributed by atoms with Crippen molar-refractivity contribution in [1.82, 2.24) is 5.32 Å². The minimum absolute atomic E-state index is 0.221. The Labute approximate surface area is 114 Å². The smallest absolute Gasteiger partial charge is 0.338 e. The minimum atomic E-state index is -0.277. The zero-order valence-electron chi connectivity index (χ0n) is 11.6. The van der Waals surface area contributed by atoms with Gasteiger partial charge in [0, 0.05) is 13.2 Å². The molecular formula is C15H21NO3. The highest BCUT2D eigenvalue weighted by molar-refractivity contribution is 5.89. The topological polar surface area (TPSA) is 47.6 Å². The summed E-state index contributed by atoms with van der Waals surface area (Å²) in [5.41, 5.74) is 3.13. The zero-order valence-corrected chi connectivity index (χ0v) is 11.6. The molecule has 104 valence electrons. The number of fused-ring (bicyclic) bond motifs is 1. The molecule has 0 fully saturated rings. The number of benzene rings is 1. The van der Waals surface area contributed by atoms with Crippen molar-refractivity contribution in [2.24, 2.45) is 0 Å². The van der Waals surface area contributed by atoms with Gasteiger partial charge in [0.25, 0.3) is 0 Å². The van der Waals surface area contributed by atoms with Crippen LogP contribution in [0, 0.1) is 0 Å². The Morgan fingerprint density at radius 3 is 3.05 bits per heavy atom. The van der Waals surface area contributed by atoms with Gasteiger partial charge in [0.2, 0.25) is 0 Å². The first-order chi connectivity index (χ1) is 9.20. The highest BCUT2D eigenvalue weighted by Gasteiger charge is 2.15. The van der Waals surface area contributed by atoms with Crippen LogP contribution in [0.15, 0.2) is 18.2 Å². The number of nitrogens with one attached hydrogen (secondary N) is 1. The first-order valence-electron chi connectivity index (χ1n) is 6.82. The van der Waals surface area contributed by atoms with Crippen molar-refractivity contribution in [3.05, 3.63) is 34.9 Å². The van der Waals surface area contributed by atoms with Gasteiger partial charge in [0.05, 0.1) is 12.2 Å². The van der Waals surface area contributed by atoms with Crippen LogP contribution in [0.5, 0.6) is 0 Å². The Morgan fingerprint density at radius 1 is 1.42 bits per heavy atom. The maximum Gasteiger partial charge on any atom is 0.338 e. The van der Waals surface area contributed by atoms with E-state index in [0.717, 1.165) is 19.5 Å². The molecule has 0 radical (unpaired) electrons. The quantitative estimate of drug-likeness (QED) is 0.824. The molecule has 0 saturated heterocycles. The zero-order chi connectivity index (χ0) is 13.7. The summed E-state index contributed by atoms with van der Waals surface area (Å²) in [5.74, 6) is -0.277. The van der Waals surface area contributed by atoms with Crippen LogP contribution >= 0.6 is 0 Å². The second-order valence-electron chi connectivity index (χ2n) is 4.79. The number of carbonyl (C=O) groups is 1. The molecule has 0 spiro atoms. The largest absolute Gasteiger partial charge is 0.457 e. The standard InChI is InChI=1S/C15H21NO3/c1-3-18-10-11(2)19-15(17)13-5-4-12-6-7-16-9-14(12)8-13/h4-5,8,11,16H,3,6-7,9-10H2,1-2H3. The van der Waals surface area contributed by atoms with Gasteiger partial charge in [-0.25, -0.2) is 4.79 Å². The molecule has 0 amide bonds. The maximum absolute atomic E-state index is 12.0. The van der Waals surface area contributed by atoms with Crippen LogP contribution in [0.3, 0.4) is 0 Å². The Kier molecular flexibility index (Phi) is 4.93. The SMILES string of the molecule is CCOCC(C)OC(=O)c1ccc2c(c1)CNCC2. The number of carbonyl (C=O) groups excluding carboxylic acids is 1. The van der Waals surface area contributed by atoms with Gasteiger partial charge in [-0.15, -0.1) is 0 Å². The summed E-state index contributed by atoms with van der Waals surface area (Å²) in [5, 5.41) is 3.30. The molecule has 4 nitrogen and oxygen atoms in total. The Hall–Kier alpha value is -1.39. The van der Waals surface area contributed by atoms with Crippen molar-refractivity contribution in [2.45, 2.75) is 32.9 Å². The molecule has 1 N–H and O–H groups in total. The number of hydrogen-bond acceptors (Lipinski definition) is 4. The predicted molar refractivity (Wildman–Crippen MR) is 73.2 cm³/mol. The van der Waals surface area contributed by atoms with E-state index in [1.54, 1.807) is 0 Å². The van der Waals surface area contributed by atoms with Gasteiger partial charge in [-0.1, -0.05) is 6.07 Å². The second kappa shape index (κ2) is 6.68. The molecule has 1 atom stereocenters. The number of esters is 1. The lowest BCUT2D eigenvalue weighted by Crippen LogP contribution is -2.24. The van der Waals surface area contributed by atoms with Crippen LogP contribution in [0.2, 0.25) is 0 Å². The van der Waals surface area contributed by atoms with Gasteiger partial charge in [0.1, 0.15) is 6.10 Å². The Morgan fingerprint density at radius 2 is 2.26 bits per heavy atom. The van der Waals surface area contributed by atoms with E-state index in [9.17, 15) is 4.79 Å². The second-order valence-corrected chi connectivity index (χ2v) is 4.79. The van der Waals surface area contributed by atoms with E-state index in [-0.39, 0.29) is 12.1 Å². The average molecular weight is 263 g/mol. The summed E-state index contributed by atoms with van der Waals surface area (Å²) < 4.78 is 10.6. The molecule has 1 aromatic carbocycles. The summed E-state index contributed by atoms with van der Waals surface area (Å²) in [7, 11) is 0. The van der Waals surface area contributed by atoms with Gasteiger partial charge < -0.3 is 14.8 Å². The lowest BCUT2D eigenvalue weighted by molar-refractivity contribution is 0.00438. The van der Waals surface area contributed by atoms with Crippen molar-refractivity contribution in [2.75, 3.05) is 19.8 Å². The van der Waals surface area contributed by atoms with Gasteiger partial charge in [0.15, 0.2) is 0 Å². The fraction of sp³-hybridized carbons (Fsp3) is 0.533. The highest BCUT2D eigenvalue weighted by atomic mass is 16.6. The van der Waals surface area contributed by atoms with E-state index >= 15 is 0 Å². The molecule has 19 heavy (non-hydrogen) atoms. The van der Waals surface area contributed by atoms with Crippen LogP contribution in [-0.4, -0.2) is 31.8 Å². The summed E-state index contributed by atoms with van der Waals surface area (Å²) in [6, 6.07) is 5.80. The fourth-order valence-corrected chi connectivity index (χ4v) is 2.18. The van der Waals surface area contributed by atoms with E-state index in [4.69, 9.17) is 9.47 Å². The highest BCUT2D eigenvalue weighted by Crippen LogP contribution is 2.16. The molecule has 4 heteroatoms. The van der Waals surface area contributed by atoms with E-state index in [0.29, 0.717) is 18.8 Å². The predicted octanol–water partition coefficient (Wildman–Crippen LogP) is 1.91. The summed E-state index contributed by atoms with van der Waals surface area (Å²) in [4.78, 5) is 12.0. The van der Waals surface area contributed by atoms with Gasteiger partial charge in [-0.3, -0.25) is 0 Å². The van der Waals surface area contributed by atoms with Crippen molar-refractivity contribution in [1.29, 1.82) is 0 Å². The van der Waals surface area contributed by atoms with E-state index in [2.05, 4.69) is 5.32 Å². The van der Waals surface area contributed by atoms with Gasteiger partial charge in [-0.05, 0) is 50.1 Å². The maximum atomic E-state index is 12.0. The minimum Gasteiger partial charge on any atom is -0.457 e. The van der Waals surface area contributed by atoms with E-state index in [1.807, 2.05) is 32.0 Å². The molecule has 0 aromatic heterocycles. The molecule has 1 aromatic rings. The van der Waals surface area contributed by atoms with Gasteiger partial charge in [-0.2, -0.15) is 0 Å². The van der Waals surface area contributed by atoms with Crippen LogP contribution in [0.1, 0.15) is 35.3 Å². The number of rotatable bonds is 5. The lowest BCUT2D eigenvalue weighted by atomic mass is 9.99. The molecular weight excluding hydrogens is 242 g/mol. The Bertz CT molecular complexity index is 445. The van der Waals surface area contributed by atoms with Crippen molar-refractivity contribution in [3.8, 4) is 0 Å². The van der Waals surface area contributed by atoms with Crippen LogP contribution in [-0.2, 0) is 22.4 Å². The third-order valence-electron chi connectivity index (χ3n) is 3.19. The monoisotopic (exact) mass is 263 g/mol. The van der Waals surface area contributed by atoms with Gasteiger partial charge >= 0.3 is 5.97 Å². The first-order valence-corrected chi connectivity index (χ1v) is 6.82. The molecule has 0 bridgehead atoms. The Balaban J connectivity index is 1.99. The molecule has 0 aliphatic carbocycles. The molecule has 1 heterocycles. The van der Waals surface area contributed by atoms with Crippen LogP contribution in [0.25, 0.3) is 0 Å². The van der Waals surface area contributed by atoms with Crippen molar-refractivity contribution >= 4 is 5.97 Å². The molecule has 1 unspecified atom stereocenters. The third kappa shape index (κ3) is 3.78. The summed E-state index contributed by atoms with van der Waals surface area (Å²) in [6.45, 7) is 6.66. The molecule has 2 rings (SSSR count). The van der Waals surface area contributed by atoms with Crippen LogP contribution in [0.4, 0.5) is 0 Å². The van der Waals surface area contributed by atoms with Crippen LogP contribution < -0.4 is 5.32 Å². The van der Waals surface area contributed by atoms with E-state index < -0.39 is 0 Å². The molecule has 1 aliphatic rings. The first kappa shape index (κ1) is 14.0. The van der Waals surface area contributed by atoms with Crippen molar-refractivity contribution in [3.63, 3.8) is 0 Å². The molecule has 0 saturated carbocycles. The lowest BCUT2D eigenvalue weighted by Gasteiger charge is -2.18. The third-order valence-corrected chi connectivity index (χ3v) is 3.19. The van der Waals surface area contributed by atoms with Crippen molar-refractivity contribution < 1.29 is 14.3 Å². The summed E-state index contributed by atoms with van der Waals surface area (Å²) in [6.07, 6.45) is 0.799. The van der Waals surface area contributed by atoms with E-state index in [1.165, 1.54) is 11.1 Å². The fourth-order valence-electron chi connectivity index (χ4n) is 2.18.